The van der Waals surface area contributed by atoms with Gasteiger partial charge in [-0.15, -0.1) is 11.3 Å². The van der Waals surface area contributed by atoms with Crippen LogP contribution in [0.2, 0.25) is 0 Å². The molecular weight excluding hydrogens is 268 g/mol. The van der Waals surface area contributed by atoms with Gasteiger partial charge in [0.05, 0.1) is 12.2 Å². The second kappa shape index (κ2) is 9.75. The van der Waals surface area contributed by atoms with E-state index in [2.05, 4.69) is 53.7 Å². The van der Waals surface area contributed by atoms with Crippen LogP contribution in [0, 0.1) is 0 Å². The highest BCUT2D eigenvalue weighted by Crippen LogP contribution is 2.18. The summed E-state index contributed by atoms with van der Waals surface area (Å²) < 4.78 is 0. The van der Waals surface area contributed by atoms with Crippen molar-refractivity contribution in [3.63, 3.8) is 0 Å². The molecule has 5 heteroatoms. The normalized spacial score (nSPS) is 11.9. The van der Waals surface area contributed by atoms with Gasteiger partial charge in [-0.2, -0.15) is 0 Å². The molecule has 0 atom stereocenters. The van der Waals surface area contributed by atoms with Crippen molar-refractivity contribution in [1.82, 2.24) is 15.6 Å². The van der Waals surface area contributed by atoms with Gasteiger partial charge in [-0.25, -0.2) is 9.98 Å². The van der Waals surface area contributed by atoms with Gasteiger partial charge in [0.2, 0.25) is 0 Å². The fourth-order valence-electron chi connectivity index (χ4n) is 1.73. The van der Waals surface area contributed by atoms with Gasteiger partial charge in [-0.1, -0.05) is 33.6 Å². The van der Waals surface area contributed by atoms with Gasteiger partial charge in [-0.05, 0) is 19.3 Å². The van der Waals surface area contributed by atoms with Crippen molar-refractivity contribution in [3.8, 4) is 0 Å². The van der Waals surface area contributed by atoms with Crippen molar-refractivity contribution in [2.45, 2.75) is 59.4 Å². The first-order valence-electron chi connectivity index (χ1n) is 7.63. The van der Waals surface area contributed by atoms with Crippen LogP contribution in [0.3, 0.4) is 0 Å². The molecule has 0 aliphatic rings. The van der Waals surface area contributed by atoms with Crippen molar-refractivity contribution in [2.75, 3.05) is 13.1 Å². The monoisotopic (exact) mass is 296 g/mol. The topological polar surface area (TPSA) is 49.3 Å². The van der Waals surface area contributed by atoms with Crippen LogP contribution in [0.25, 0.3) is 0 Å². The molecule has 2 N–H and O–H groups in total. The van der Waals surface area contributed by atoms with E-state index in [-0.39, 0.29) is 0 Å². The number of hydrogen-bond acceptors (Lipinski definition) is 3. The molecule has 4 nitrogen and oxygen atoms in total. The van der Waals surface area contributed by atoms with Gasteiger partial charge in [0, 0.05) is 18.5 Å². The molecule has 0 unspecified atom stereocenters. The van der Waals surface area contributed by atoms with E-state index >= 15 is 0 Å². The zero-order chi connectivity index (χ0) is 14.8. The van der Waals surface area contributed by atoms with Gasteiger partial charge < -0.3 is 10.6 Å². The first-order valence-corrected chi connectivity index (χ1v) is 8.51. The lowest BCUT2D eigenvalue weighted by atomic mass is 10.2. The fraction of sp³-hybridized carbons (Fsp3) is 0.733. The van der Waals surface area contributed by atoms with E-state index < -0.39 is 0 Å². The highest BCUT2D eigenvalue weighted by atomic mass is 32.1. The van der Waals surface area contributed by atoms with Crippen LogP contribution in [0.1, 0.15) is 63.6 Å². The SMILES string of the molecule is CCCCCNC(=NCc1nc(C(C)C)cs1)NCC. The molecule has 1 aromatic heterocycles. The zero-order valence-electron chi connectivity index (χ0n) is 13.2. The minimum atomic E-state index is 0.490. The van der Waals surface area contributed by atoms with Crippen molar-refractivity contribution in [1.29, 1.82) is 0 Å². The van der Waals surface area contributed by atoms with Crippen LogP contribution in [-0.4, -0.2) is 24.0 Å². The second-order valence-electron chi connectivity index (χ2n) is 5.15. The smallest absolute Gasteiger partial charge is 0.191 e. The average Bonchev–Trinajstić information content (AvgIpc) is 2.90. The van der Waals surface area contributed by atoms with Crippen LogP contribution < -0.4 is 10.6 Å². The zero-order valence-corrected chi connectivity index (χ0v) is 14.0. The fourth-order valence-corrected chi connectivity index (χ4v) is 2.61. The van der Waals surface area contributed by atoms with Crippen LogP contribution in [0.5, 0.6) is 0 Å². The van der Waals surface area contributed by atoms with Crippen molar-refractivity contribution in [2.24, 2.45) is 4.99 Å². The van der Waals surface area contributed by atoms with Gasteiger partial charge in [0.1, 0.15) is 5.01 Å². The quantitative estimate of drug-likeness (QED) is 0.438. The summed E-state index contributed by atoms with van der Waals surface area (Å²) in [6.45, 7) is 11.2. The first kappa shape index (κ1) is 17.0. The molecule has 114 valence electrons. The molecular formula is C15H28N4S. The Hall–Kier alpha value is -1.10. The Kier molecular flexibility index (Phi) is 8.26. The van der Waals surface area contributed by atoms with Crippen molar-refractivity contribution < 1.29 is 0 Å². The molecule has 1 heterocycles. The summed E-state index contributed by atoms with van der Waals surface area (Å²) in [5.74, 6) is 1.38. The Morgan fingerprint density at radius 1 is 1.30 bits per heavy atom. The summed E-state index contributed by atoms with van der Waals surface area (Å²) in [6.07, 6.45) is 3.69. The highest BCUT2D eigenvalue weighted by Gasteiger charge is 2.05. The van der Waals surface area contributed by atoms with Gasteiger partial charge in [0.25, 0.3) is 0 Å². The minimum Gasteiger partial charge on any atom is -0.357 e. The molecule has 0 spiro atoms. The third-order valence-corrected chi connectivity index (χ3v) is 3.80. The maximum atomic E-state index is 4.61. The van der Waals surface area contributed by atoms with Gasteiger partial charge in [0.15, 0.2) is 5.96 Å². The third-order valence-electron chi connectivity index (χ3n) is 2.95. The minimum absolute atomic E-state index is 0.490. The van der Waals surface area contributed by atoms with Crippen LogP contribution in [0.4, 0.5) is 0 Å². The van der Waals surface area contributed by atoms with Gasteiger partial charge >= 0.3 is 0 Å². The number of aliphatic imine (C=N–C) groups is 1. The molecule has 0 aromatic carbocycles. The number of aromatic nitrogens is 1. The van der Waals surface area contributed by atoms with E-state index in [0.29, 0.717) is 12.5 Å². The summed E-state index contributed by atoms with van der Waals surface area (Å²) in [6, 6.07) is 0. The molecule has 20 heavy (non-hydrogen) atoms. The molecule has 0 aliphatic carbocycles. The van der Waals surface area contributed by atoms with E-state index in [4.69, 9.17) is 0 Å². The first-order chi connectivity index (χ1) is 9.67. The van der Waals surface area contributed by atoms with Crippen molar-refractivity contribution >= 4 is 17.3 Å². The highest BCUT2D eigenvalue weighted by molar-refractivity contribution is 7.09. The maximum Gasteiger partial charge on any atom is 0.191 e. The summed E-state index contributed by atoms with van der Waals surface area (Å²) in [7, 11) is 0. The lowest BCUT2D eigenvalue weighted by Gasteiger charge is -2.10. The summed E-state index contributed by atoms with van der Waals surface area (Å²) in [5.41, 5.74) is 1.17. The molecule has 1 rings (SSSR count). The number of thiazole rings is 1. The van der Waals surface area contributed by atoms with Crippen LogP contribution in [-0.2, 0) is 6.54 Å². The number of nitrogens with zero attached hydrogens (tertiary/aromatic N) is 2. The van der Waals surface area contributed by atoms with Crippen LogP contribution >= 0.6 is 11.3 Å². The Labute approximate surface area is 127 Å². The predicted molar refractivity (Wildman–Crippen MR) is 88.5 cm³/mol. The average molecular weight is 296 g/mol. The third kappa shape index (κ3) is 6.37. The second-order valence-corrected chi connectivity index (χ2v) is 6.09. The number of hydrogen-bond donors (Lipinski definition) is 2. The largest absolute Gasteiger partial charge is 0.357 e. The molecule has 0 saturated carbocycles. The standard InChI is InChI=1S/C15H28N4S/c1-5-7-8-9-17-15(16-6-2)18-10-14-19-13(11-20-14)12(3)4/h11-12H,5-10H2,1-4H3,(H2,16,17,18). The van der Waals surface area contributed by atoms with E-state index in [9.17, 15) is 0 Å². The van der Waals surface area contributed by atoms with Crippen LogP contribution in [0.15, 0.2) is 10.4 Å². The van der Waals surface area contributed by atoms with E-state index in [0.717, 1.165) is 24.1 Å². The van der Waals surface area contributed by atoms with E-state index in [1.165, 1.54) is 25.0 Å². The molecule has 0 saturated heterocycles. The summed E-state index contributed by atoms with van der Waals surface area (Å²) in [5, 5.41) is 9.86. The predicted octanol–water partition coefficient (Wildman–Crippen LogP) is 3.51. The Morgan fingerprint density at radius 3 is 2.70 bits per heavy atom. The Morgan fingerprint density at radius 2 is 2.10 bits per heavy atom. The van der Waals surface area contributed by atoms with E-state index in [1.807, 2.05) is 0 Å². The Bertz CT molecular complexity index is 398. The Balaban J connectivity index is 2.47. The molecule has 0 radical (unpaired) electrons. The van der Waals surface area contributed by atoms with E-state index in [1.54, 1.807) is 11.3 Å². The lowest BCUT2D eigenvalue weighted by Crippen LogP contribution is -2.37. The summed E-state index contributed by atoms with van der Waals surface area (Å²) >= 11 is 1.70. The molecule has 0 amide bonds. The van der Waals surface area contributed by atoms with Crippen molar-refractivity contribution in [3.05, 3.63) is 16.1 Å². The molecule has 0 aliphatic heterocycles. The molecule has 0 bridgehead atoms. The lowest BCUT2D eigenvalue weighted by molar-refractivity contribution is 0.683. The number of nitrogens with one attached hydrogen (secondary N) is 2. The molecule has 0 fully saturated rings. The number of rotatable bonds is 8. The number of guanidine groups is 1. The molecule has 1 aromatic rings. The maximum absolute atomic E-state index is 4.61. The number of unbranched alkanes of at least 4 members (excludes halogenated alkanes) is 2. The summed E-state index contributed by atoms with van der Waals surface area (Å²) in [4.78, 5) is 9.20. The van der Waals surface area contributed by atoms with Gasteiger partial charge in [-0.3, -0.25) is 0 Å².